The fourth-order valence-electron chi connectivity index (χ4n) is 4.44. The highest BCUT2D eigenvalue weighted by molar-refractivity contribution is 7.98. The van der Waals surface area contributed by atoms with Crippen LogP contribution in [0.3, 0.4) is 0 Å². The molecule has 32 heavy (non-hydrogen) atoms. The molecule has 3 aromatic rings. The first kappa shape index (κ1) is 21.5. The number of pyridine rings is 1. The van der Waals surface area contributed by atoms with E-state index in [2.05, 4.69) is 9.88 Å². The van der Waals surface area contributed by atoms with Crippen molar-refractivity contribution in [2.24, 2.45) is 0 Å². The van der Waals surface area contributed by atoms with Crippen LogP contribution < -0.4 is 0 Å². The van der Waals surface area contributed by atoms with Gasteiger partial charge in [0.1, 0.15) is 5.65 Å². The molecule has 0 aliphatic carbocycles. The standard InChI is InChI=1S/C23H26N4O3S2/c28-23(26-12-10-25(11-13-26)20-8-14-32(29,30)17-20)18-4-6-21(7-5-18)31-16-19-15-27-9-2-1-3-22(27)24-19/h1-7,9,15,20H,8,10-14,16-17H2. The third-order valence-corrected chi connectivity index (χ3v) is 9.02. The molecule has 2 fully saturated rings. The summed E-state index contributed by atoms with van der Waals surface area (Å²) >= 11 is 1.70. The SMILES string of the molecule is O=C(c1ccc(SCc2cn3ccccc3n2)cc1)N1CCN(C2CCS(=O)(=O)C2)CC1. The van der Waals surface area contributed by atoms with Gasteiger partial charge >= 0.3 is 0 Å². The molecule has 2 saturated heterocycles. The molecular weight excluding hydrogens is 444 g/mol. The van der Waals surface area contributed by atoms with Gasteiger partial charge in [0.15, 0.2) is 9.84 Å². The summed E-state index contributed by atoms with van der Waals surface area (Å²) in [4.78, 5) is 22.7. The average Bonchev–Trinajstić information content (AvgIpc) is 3.40. The van der Waals surface area contributed by atoms with E-state index in [9.17, 15) is 13.2 Å². The van der Waals surface area contributed by atoms with Crippen molar-refractivity contribution >= 4 is 33.2 Å². The third kappa shape index (κ3) is 4.69. The molecule has 1 aromatic carbocycles. The van der Waals surface area contributed by atoms with E-state index in [1.54, 1.807) is 11.8 Å². The number of piperazine rings is 1. The Morgan fingerprint density at radius 3 is 2.53 bits per heavy atom. The number of nitrogens with zero attached hydrogens (tertiary/aromatic N) is 4. The number of carbonyl (C=O) groups excluding carboxylic acids is 1. The van der Waals surface area contributed by atoms with Crippen LogP contribution in [0.25, 0.3) is 5.65 Å². The second kappa shape index (κ2) is 8.88. The molecule has 5 rings (SSSR count). The summed E-state index contributed by atoms with van der Waals surface area (Å²) in [6, 6.07) is 13.8. The van der Waals surface area contributed by atoms with Crippen LogP contribution in [0.4, 0.5) is 0 Å². The van der Waals surface area contributed by atoms with Gasteiger partial charge in [-0.25, -0.2) is 13.4 Å². The van der Waals surface area contributed by atoms with Gasteiger partial charge in [0.25, 0.3) is 5.91 Å². The van der Waals surface area contributed by atoms with Crippen LogP contribution >= 0.6 is 11.8 Å². The van der Waals surface area contributed by atoms with Crippen molar-refractivity contribution in [2.75, 3.05) is 37.7 Å². The molecule has 9 heteroatoms. The minimum Gasteiger partial charge on any atom is -0.336 e. The normalized spacial score (nSPS) is 21.2. The van der Waals surface area contributed by atoms with E-state index in [1.165, 1.54) is 0 Å². The Morgan fingerprint density at radius 1 is 1.06 bits per heavy atom. The molecule has 2 aliphatic heterocycles. The lowest BCUT2D eigenvalue weighted by Gasteiger charge is -2.37. The lowest BCUT2D eigenvalue weighted by molar-refractivity contribution is 0.0588. The fraction of sp³-hybridized carbons (Fsp3) is 0.391. The van der Waals surface area contributed by atoms with Crippen molar-refractivity contribution in [2.45, 2.75) is 23.1 Å². The predicted molar refractivity (Wildman–Crippen MR) is 126 cm³/mol. The van der Waals surface area contributed by atoms with Crippen molar-refractivity contribution in [3.63, 3.8) is 0 Å². The zero-order valence-corrected chi connectivity index (χ0v) is 19.4. The number of fused-ring (bicyclic) bond motifs is 1. The molecule has 2 aromatic heterocycles. The van der Waals surface area contributed by atoms with Gasteiger partial charge in [0.2, 0.25) is 0 Å². The van der Waals surface area contributed by atoms with Gasteiger partial charge in [0.05, 0.1) is 17.2 Å². The van der Waals surface area contributed by atoms with Crippen LogP contribution in [0, 0.1) is 0 Å². The number of thioether (sulfide) groups is 1. The predicted octanol–water partition coefficient (Wildman–Crippen LogP) is 2.57. The highest BCUT2D eigenvalue weighted by Crippen LogP contribution is 2.24. The quantitative estimate of drug-likeness (QED) is 0.534. The Labute approximate surface area is 192 Å². The Bertz CT molecular complexity index is 1180. The summed E-state index contributed by atoms with van der Waals surface area (Å²) < 4.78 is 25.5. The minimum absolute atomic E-state index is 0.0422. The summed E-state index contributed by atoms with van der Waals surface area (Å²) in [7, 11) is -2.88. The van der Waals surface area contributed by atoms with Crippen molar-refractivity contribution in [1.29, 1.82) is 0 Å². The van der Waals surface area contributed by atoms with E-state index in [4.69, 9.17) is 0 Å². The molecule has 0 radical (unpaired) electrons. The van der Waals surface area contributed by atoms with Crippen LogP contribution in [-0.2, 0) is 15.6 Å². The molecule has 7 nitrogen and oxygen atoms in total. The Kier molecular flexibility index (Phi) is 5.96. The highest BCUT2D eigenvalue weighted by atomic mass is 32.2. The minimum atomic E-state index is -2.88. The lowest BCUT2D eigenvalue weighted by Crippen LogP contribution is -2.52. The number of imidazole rings is 1. The van der Waals surface area contributed by atoms with Crippen molar-refractivity contribution < 1.29 is 13.2 Å². The van der Waals surface area contributed by atoms with Crippen molar-refractivity contribution in [1.82, 2.24) is 19.2 Å². The van der Waals surface area contributed by atoms with E-state index in [0.717, 1.165) is 35.1 Å². The smallest absolute Gasteiger partial charge is 0.253 e. The number of benzene rings is 1. The Hall–Kier alpha value is -2.36. The third-order valence-electron chi connectivity index (χ3n) is 6.23. The summed E-state index contributed by atoms with van der Waals surface area (Å²) in [5, 5.41) is 0. The van der Waals surface area contributed by atoms with E-state index < -0.39 is 9.84 Å². The van der Waals surface area contributed by atoms with E-state index >= 15 is 0 Å². The highest BCUT2D eigenvalue weighted by Gasteiger charge is 2.34. The molecule has 0 N–H and O–H groups in total. The van der Waals surface area contributed by atoms with Crippen molar-refractivity contribution in [3.8, 4) is 0 Å². The first-order valence-corrected chi connectivity index (χ1v) is 13.7. The van der Waals surface area contributed by atoms with Crippen LogP contribution in [0.1, 0.15) is 22.5 Å². The van der Waals surface area contributed by atoms with E-state index in [1.807, 2.05) is 64.2 Å². The van der Waals surface area contributed by atoms with E-state index in [-0.39, 0.29) is 17.7 Å². The van der Waals surface area contributed by atoms with Crippen LogP contribution in [-0.4, -0.2) is 77.2 Å². The molecule has 1 atom stereocenters. The number of hydrogen-bond acceptors (Lipinski definition) is 6. The zero-order chi connectivity index (χ0) is 22.1. The second-order valence-electron chi connectivity index (χ2n) is 8.40. The molecular formula is C23H26N4O3S2. The topological polar surface area (TPSA) is 75.0 Å². The number of rotatable bonds is 5. The maximum Gasteiger partial charge on any atom is 0.253 e. The molecule has 4 heterocycles. The molecule has 0 saturated carbocycles. The van der Waals surface area contributed by atoms with Gasteiger partial charge < -0.3 is 9.30 Å². The Morgan fingerprint density at radius 2 is 1.84 bits per heavy atom. The summed E-state index contributed by atoms with van der Waals surface area (Å²) in [5.41, 5.74) is 2.66. The summed E-state index contributed by atoms with van der Waals surface area (Å²) in [6.07, 6.45) is 4.75. The van der Waals surface area contributed by atoms with Crippen LogP contribution in [0.5, 0.6) is 0 Å². The number of sulfone groups is 1. The Balaban J connectivity index is 1.14. The maximum atomic E-state index is 12.9. The maximum absolute atomic E-state index is 12.9. The van der Waals surface area contributed by atoms with Gasteiger partial charge in [-0.3, -0.25) is 9.69 Å². The van der Waals surface area contributed by atoms with Gasteiger partial charge in [-0.2, -0.15) is 0 Å². The first-order chi connectivity index (χ1) is 15.5. The van der Waals surface area contributed by atoms with Crippen LogP contribution in [0.2, 0.25) is 0 Å². The second-order valence-corrected chi connectivity index (χ2v) is 11.7. The largest absolute Gasteiger partial charge is 0.336 e. The monoisotopic (exact) mass is 470 g/mol. The zero-order valence-electron chi connectivity index (χ0n) is 17.8. The molecule has 168 valence electrons. The molecule has 1 unspecified atom stereocenters. The number of aromatic nitrogens is 2. The van der Waals surface area contributed by atoms with Crippen LogP contribution in [0.15, 0.2) is 59.8 Å². The number of amides is 1. The van der Waals surface area contributed by atoms with E-state index in [0.29, 0.717) is 30.8 Å². The fourth-order valence-corrected chi connectivity index (χ4v) is 6.99. The summed E-state index contributed by atoms with van der Waals surface area (Å²) in [6.45, 7) is 2.75. The molecule has 0 bridgehead atoms. The first-order valence-electron chi connectivity index (χ1n) is 10.9. The lowest BCUT2D eigenvalue weighted by atomic mass is 10.1. The summed E-state index contributed by atoms with van der Waals surface area (Å²) in [5.74, 6) is 1.36. The molecule has 1 amide bonds. The van der Waals surface area contributed by atoms with Gasteiger partial charge in [-0.05, 0) is 42.8 Å². The molecule has 2 aliphatic rings. The van der Waals surface area contributed by atoms with Crippen molar-refractivity contribution in [3.05, 3.63) is 66.1 Å². The van der Waals surface area contributed by atoms with Gasteiger partial charge in [-0.1, -0.05) is 6.07 Å². The average molecular weight is 471 g/mol. The number of carbonyl (C=O) groups is 1. The molecule has 0 spiro atoms. The van der Waals surface area contributed by atoms with Gasteiger partial charge in [-0.15, -0.1) is 11.8 Å². The van der Waals surface area contributed by atoms with Gasteiger partial charge in [0, 0.05) is 60.8 Å². The number of hydrogen-bond donors (Lipinski definition) is 0.